The number of anilines is 1. The molecule has 31 heavy (non-hydrogen) atoms. The number of nitrogens with one attached hydrogen (secondary N) is 1. The number of rotatable bonds is 8. The molecular weight excluding hydrogens is 412 g/mol. The number of aryl methyl sites for hydroxylation is 3. The first-order chi connectivity index (χ1) is 14.8. The topological polar surface area (TPSA) is 85.4 Å². The third-order valence-electron chi connectivity index (χ3n) is 4.85. The lowest BCUT2D eigenvalue weighted by molar-refractivity contribution is -0.116. The molecule has 1 heterocycles. The van der Waals surface area contributed by atoms with Crippen LogP contribution in [0.4, 0.5) is 5.13 Å². The summed E-state index contributed by atoms with van der Waals surface area (Å²) in [6.45, 7) is 5.79. The second-order valence-corrected chi connectivity index (χ2v) is 8.26. The van der Waals surface area contributed by atoms with Crippen LogP contribution in [0.15, 0.2) is 48.5 Å². The van der Waals surface area contributed by atoms with Crippen molar-refractivity contribution in [1.82, 2.24) is 4.98 Å². The van der Waals surface area contributed by atoms with Crippen LogP contribution < -0.4 is 5.32 Å². The molecule has 0 fully saturated rings. The number of Topliss-reactive ketones (excluding diaryl/α,β-unsaturated/α-hetero) is 1. The minimum Gasteiger partial charge on any atom is -0.457 e. The van der Waals surface area contributed by atoms with E-state index in [1.165, 1.54) is 0 Å². The predicted octanol–water partition coefficient (Wildman–Crippen LogP) is 5.03. The lowest BCUT2D eigenvalue weighted by Crippen LogP contribution is -2.13. The highest BCUT2D eigenvalue weighted by Gasteiger charge is 2.18. The van der Waals surface area contributed by atoms with E-state index in [2.05, 4.69) is 10.3 Å². The molecule has 0 aliphatic carbocycles. The van der Waals surface area contributed by atoms with Gasteiger partial charge in [0.05, 0.1) is 5.69 Å². The van der Waals surface area contributed by atoms with E-state index >= 15 is 0 Å². The van der Waals surface area contributed by atoms with Gasteiger partial charge in [0.1, 0.15) is 11.5 Å². The van der Waals surface area contributed by atoms with Crippen LogP contribution in [-0.2, 0) is 16.1 Å². The molecule has 1 aromatic heterocycles. The number of ether oxygens (including phenoxy) is 1. The highest BCUT2D eigenvalue weighted by molar-refractivity contribution is 7.17. The molecule has 0 atom stereocenters. The van der Waals surface area contributed by atoms with Crippen molar-refractivity contribution in [3.63, 3.8) is 0 Å². The van der Waals surface area contributed by atoms with Gasteiger partial charge in [-0.1, -0.05) is 53.8 Å². The van der Waals surface area contributed by atoms with Crippen LogP contribution in [0.3, 0.4) is 0 Å². The van der Waals surface area contributed by atoms with Gasteiger partial charge in [0.15, 0.2) is 10.9 Å². The summed E-state index contributed by atoms with van der Waals surface area (Å²) in [4.78, 5) is 41.5. The van der Waals surface area contributed by atoms with E-state index in [-0.39, 0.29) is 31.1 Å². The van der Waals surface area contributed by atoms with Crippen LogP contribution in [-0.4, -0.2) is 22.6 Å². The maximum Gasteiger partial charge on any atom is 0.350 e. The lowest BCUT2D eigenvalue weighted by atomic mass is 10.0. The van der Waals surface area contributed by atoms with Crippen molar-refractivity contribution in [2.75, 3.05) is 5.32 Å². The summed E-state index contributed by atoms with van der Waals surface area (Å²) in [6, 6.07) is 14.9. The predicted molar refractivity (Wildman–Crippen MR) is 121 cm³/mol. The van der Waals surface area contributed by atoms with Crippen molar-refractivity contribution >= 4 is 34.1 Å². The average Bonchev–Trinajstić information content (AvgIpc) is 3.12. The third kappa shape index (κ3) is 6.08. The van der Waals surface area contributed by atoms with Gasteiger partial charge < -0.3 is 10.1 Å². The van der Waals surface area contributed by atoms with Crippen molar-refractivity contribution < 1.29 is 19.1 Å². The first-order valence-electron chi connectivity index (χ1n) is 9.92. The van der Waals surface area contributed by atoms with Gasteiger partial charge in [-0.15, -0.1) is 0 Å². The molecule has 7 heteroatoms. The van der Waals surface area contributed by atoms with Gasteiger partial charge in [0.2, 0.25) is 5.91 Å². The lowest BCUT2D eigenvalue weighted by Gasteiger charge is -2.05. The fourth-order valence-corrected chi connectivity index (χ4v) is 3.77. The Morgan fingerprint density at radius 1 is 0.968 bits per heavy atom. The molecule has 0 saturated carbocycles. The van der Waals surface area contributed by atoms with Gasteiger partial charge >= 0.3 is 5.97 Å². The maximum atomic E-state index is 12.4. The Bertz CT molecular complexity index is 1110. The van der Waals surface area contributed by atoms with E-state index in [9.17, 15) is 14.4 Å². The molecular formula is C24H24N2O4S. The number of thiazole rings is 1. The standard InChI is InChI=1S/C24H24N2O4S/c1-15-9-10-19(13-16(15)2)20(27)11-12-21(28)26-24-25-17(3)22(31-24)23(29)30-14-18-7-5-4-6-8-18/h4-10,13H,11-12,14H2,1-3H3,(H,25,26,28). The van der Waals surface area contributed by atoms with E-state index in [0.29, 0.717) is 21.3 Å². The van der Waals surface area contributed by atoms with Crippen LogP contribution in [0, 0.1) is 20.8 Å². The Morgan fingerprint density at radius 3 is 2.42 bits per heavy atom. The largest absolute Gasteiger partial charge is 0.457 e. The molecule has 0 aliphatic rings. The molecule has 3 rings (SSSR count). The summed E-state index contributed by atoms with van der Waals surface area (Å²) in [5, 5.41) is 2.98. The number of nitrogens with zero attached hydrogens (tertiary/aromatic N) is 1. The fraction of sp³-hybridized carbons (Fsp3) is 0.250. The normalized spacial score (nSPS) is 10.5. The van der Waals surface area contributed by atoms with Crippen LogP contribution >= 0.6 is 11.3 Å². The molecule has 0 unspecified atom stereocenters. The average molecular weight is 437 g/mol. The van der Waals surface area contributed by atoms with Crippen molar-refractivity contribution in [1.29, 1.82) is 0 Å². The number of carbonyl (C=O) groups excluding carboxylic acids is 3. The molecule has 3 aromatic rings. The highest BCUT2D eigenvalue weighted by atomic mass is 32.1. The zero-order chi connectivity index (χ0) is 22.4. The van der Waals surface area contributed by atoms with Gasteiger partial charge in [-0.25, -0.2) is 9.78 Å². The van der Waals surface area contributed by atoms with Crippen LogP contribution in [0.2, 0.25) is 0 Å². The van der Waals surface area contributed by atoms with E-state index in [1.807, 2.05) is 56.3 Å². The Morgan fingerprint density at radius 2 is 1.71 bits per heavy atom. The van der Waals surface area contributed by atoms with Crippen molar-refractivity contribution in [3.8, 4) is 0 Å². The molecule has 6 nitrogen and oxygen atoms in total. The number of hydrogen-bond donors (Lipinski definition) is 1. The zero-order valence-corrected chi connectivity index (χ0v) is 18.5. The zero-order valence-electron chi connectivity index (χ0n) is 17.7. The molecule has 1 N–H and O–H groups in total. The molecule has 0 radical (unpaired) electrons. The first-order valence-corrected chi connectivity index (χ1v) is 10.7. The highest BCUT2D eigenvalue weighted by Crippen LogP contribution is 2.24. The molecule has 160 valence electrons. The number of hydrogen-bond acceptors (Lipinski definition) is 6. The molecule has 2 aromatic carbocycles. The Balaban J connectivity index is 1.52. The Kier molecular flexibility index (Phi) is 7.31. The Labute approximate surface area is 185 Å². The van der Waals surface area contributed by atoms with E-state index in [1.54, 1.807) is 13.0 Å². The van der Waals surface area contributed by atoms with Crippen LogP contribution in [0.25, 0.3) is 0 Å². The smallest absolute Gasteiger partial charge is 0.350 e. The number of ketones is 1. The number of benzene rings is 2. The van der Waals surface area contributed by atoms with Gasteiger partial charge in [-0.2, -0.15) is 0 Å². The Hall–Kier alpha value is -3.32. The van der Waals surface area contributed by atoms with Gasteiger partial charge in [0.25, 0.3) is 0 Å². The molecule has 0 saturated heterocycles. The van der Waals surface area contributed by atoms with Crippen LogP contribution in [0.5, 0.6) is 0 Å². The number of esters is 1. The summed E-state index contributed by atoms with van der Waals surface area (Å²) >= 11 is 1.06. The molecule has 0 bridgehead atoms. The van der Waals surface area contributed by atoms with Crippen molar-refractivity contribution in [3.05, 3.63) is 81.4 Å². The number of amides is 1. The fourth-order valence-electron chi connectivity index (χ4n) is 2.90. The summed E-state index contributed by atoms with van der Waals surface area (Å²) in [5.41, 5.74) is 4.14. The molecule has 1 amide bonds. The monoisotopic (exact) mass is 436 g/mol. The first kappa shape index (κ1) is 22.4. The second kappa shape index (κ2) is 10.1. The summed E-state index contributed by atoms with van der Waals surface area (Å²) in [5.74, 6) is -0.891. The quantitative estimate of drug-likeness (QED) is 0.396. The second-order valence-electron chi connectivity index (χ2n) is 7.27. The van der Waals surface area contributed by atoms with E-state index in [4.69, 9.17) is 4.74 Å². The van der Waals surface area contributed by atoms with Crippen molar-refractivity contribution in [2.45, 2.75) is 40.2 Å². The van der Waals surface area contributed by atoms with E-state index < -0.39 is 5.97 Å². The molecule has 0 aliphatic heterocycles. The maximum absolute atomic E-state index is 12.4. The third-order valence-corrected chi connectivity index (χ3v) is 5.90. The summed E-state index contributed by atoms with van der Waals surface area (Å²) < 4.78 is 5.33. The van der Waals surface area contributed by atoms with Gasteiger partial charge in [-0.3, -0.25) is 9.59 Å². The number of carbonyl (C=O) groups is 3. The summed E-state index contributed by atoms with van der Waals surface area (Å²) in [7, 11) is 0. The SMILES string of the molecule is Cc1ccc(C(=O)CCC(=O)Nc2nc(C)c(C(=O)OCc3ccccc3)s2)cc1C. The summed E-state index contributed by atoms with van der Waals surface area (Å²) in [6.07, 6.45) is 0.142. The molecule has 0 spiro atoms. The van der Waals surface area contributed by atoms with Gasteiger partial charge in [0, 0.05) is 18.4 Å². The minimum atomic E-state index is -0.482. The minimum absolute atomic E-state index is 0.0399. The number of aromatic nitrogens is 1. The van der Waals surface area contributed by atoms with Gasteiger partial charge in [-0.05, 0) is 43.5 Å². The van der Waals surface area contributed by atoms with Crippen LogP contribution in [0.1, 0.15) is 55.3 Å². The van der Waals surface area contributed by atoms with Crippen molar-refractivity contribution in [2.24, 2.45) is 0 Å². The van der Waals surface area contributed by atoms with E-state index in [0.717, 1.165) is 28.0 Å².